The van der Waals surface area contributed by atoms with Crippen molar-refractivity contribution in [2.24, 2.45) is 0 Å². The van der Waals surface area contributed by atoms with E-state index >= 15 is 0 Å². The zero-order valence-corrected chi connectivity index (χ0v) is 12.7. The highest BCUT2D eigenvalue weighted by Gasteiger charge is 2.03. The number of phenolic OH excluding ortho intramolecular Hbond substituents is 1. The predicted molar refractivity (Wildman–Crippen MR) is 83.7 cm³/mol. The summed E-state index contributed by atoms with van der Waals surface area (Å²) < 4.78 is 0.970. The Morgan fingerprint density at radius 2 is 1.95 bits per heavy atom. The van der Waals surface area contributed by atoms with E-state index in [0.29, 0.717) is 18.2 Å². The zero-order valence-electron chi connectivity index (χ0n) is 11.2. The summed E-state index contributed by atoms with van der Waals surface area (Å²) in [5, 5.41) is 13.1. The van der Waals surface area contributed by atoms with Gasteiger partial charge in [0.2, 0.25) is 0 Å². The lowest BCUT2D eigenvalue weighted by Crippen LogP contribution is -2.00. The van der Waals surface area contributed by atoms with Gasteiger partial charge in [-0.1, -0.05) is 41.9 Å². The van der Waals surface area contributed by atoms with Crippen LogP contribution in [0.15, 0.2) is 46.9 Å². The van der Waals surface area contributed by atoms with Gasteiger partial charge < -0.3 is 10.4 Å². The summed E-state index contributed by atoms with van der Waals surface area (Å²) in [5.41, 5.74) is 3.26. The Morgan fingerprint density at radius 3 is 2.68 bits per heavy atom. The number of nitrogens with one attached hydrogen (secondary N) is 1. The molecule has 2 rings (SSSR count). The largest absolute Gasteiger partial charge is 0.508 e. The highest BCUT2D eigenvalue weighted by molar-refractivity contribution is 9.10. The monoisotopic (exact) mass is 319 g/mol. The minimum Gasteiger partial charge on any atom is -0.508 e. The van der Waals surface area contributed by atoms with E-state index in [1.54, 1.807) is 6.07 Å². The molecule has 2 N–H and O–H groups in total. The second-order valence-electron chi connectivity index (χ2n) is 4.91. The van der Waals surface area contributed by atoms with E-state index in [2.05, 4.69) is 53.3 Å². The second kappa shape index (κ2) is 6.11. The van der Waals surface area contributed by atoms with Crippen LogP contribution in [0.5, 0.6) is 5.75 Å². The molecule has 0 radical (unpaired) electrons. The molecule has 100 valence electrons. The van der Waals surface area contributed by atoms with Gasteiger partial charge in [-0.2, -0.15) is 0 Å². The Morgan fingerprint density at radius 1 is 1.16 bits per heavy atom. The molecule has 0 heterocycles. The van der Waals surface area contributed by atoms with Crippen LogP contribution in [0, 0.1) is 0 Å². The van der Waals surface area contributed by atoms with Crippen LogP contribution in [0.2, 0.25) is 0 Å². The number of aromatic hydroxyl groups is 1. The lowest BCUT2D eigenvalue weighted by molar-refractivity contribution is 0.469. The maximum atomic E-state index is 9.79. The fourth-order valence-corrected chi connectivity index (χ4v) is 2.31. The van der Waals surface area contributed by atoms with Gasteiger partial charge in [-0.3, -0.25) is 0 Å². The summed E-state index contributed by atoms with van der Waals surface area (Å²) in [7, 11) is 0. The third-order valence-electron chi connectivity index (χ3n) is 3.08. The fraction of sp³-hybridized carbons (Fsp3) is 0.250. The van der Waals surface area contributed by atoms with Crippen molar-refractivity contribution in [2.45, 2.75) is 26.3 Å². The molecule has 0 aromatic heterocycles. The molecule has 0 unspecified atom stereocenters. The first-order chi connectivity index (χ1) is 9.06. The number of hydrogen-bond donors (Lipinski definition) is 2. The third kappa shape index (κ3) is 3.74. The van der Waals surface area contributed by atoms with E-state index in [1.165, 1.54) is 5.56 Å². The molecule has 0 amide bonds. The van der Waals surface area contributed by atoms with E-state index in [4.69, 9.17) is 0 Å². The number of hydrogen-bond acceptors (Lipinski definition) is 2. The molecule has 0 bridgehead atoms. The predicted octanol–water partition coefficient (Wildman–Crippen LogP) is 4.89. The average molecular weight is 320 g/mol. The van der Waals surface area contributed by atoms with Gasteiger partial charge in [-0.15, -0.1) is 0 Å². The quantitative estimate of drug-likeness (QED) is 0.840. The summed E-state index contributed by atoms with van der Waals surface area (Å²) in [4.78, 5) is 0. The molecule has 0 saturated carbocycles. The van der Waals surface area contributed by atoms with E-state index in [9.17, 15) is 5.11 Å². The molecule has 0 atom stereocenters. The van der Waals surface area contributed by atoms with Crippen molar-refractivity contribution >= 4 is 21.6 Å². The number of anilines is 1. The number of phenols is 1. The van der Waals surface area contributed by atoms with Crippen molar-refractivity contribution in [3.05, 3.63) is 58.1 Å². The molecule has 0 fully saturated rings. The first kappa shape index (κ1) is 13.9. The standard InChI is InChI=1S/C16H18BrNO/c1-11(2)12-4-3-5-15(9-12)18-10-13-8-14(17)6-7-16(13)19/h3-9,11,18-19H,10H2,1-2H3. The van der Waals surface area contributed by atoms with Crippen LogP contribution in [0.3, 0.4) is 0 Å². The molecule has 3 heteroatoms. The molecule has 2 aromatic rings. The van der Waals surface area contributed by atoms with Crippen LogP contribution in [0.1, 0.15) is 30.9 Å². The maximum Gasteiger partial charge on any atom is 0.120 e. The van der Waals surface area contributed by atoms with Crippen molar-refractivity contribution < 1.29 is 5.11 Å². The molecule has 2 aromatic carbocycles. The van der Waals surface area contributed by atoms with Crippen molar-refractivity contribution in [3.63, 3.8) is 0 Å². The molecular formula is C16H18BrNO. The van der Waals surface area contributed by atoms with Gasteiger partial charge in [0.15, 0.2) is 0 Å². The molecule has 2 nitrogen and oxygen atoms in total. The lowest BCUT2D eigenvalue weighted by Gasteiger charge is -2.11. The van der Waals surface area contributed by atoms with Gasteiger partial charge in [0.25, 0.3) is 0 Å². The van der Waals surface area contributed by atoms with E-state index in [-0.39, 0.29) is 0 Å². The van der Waals surface area contributed by atoms with Gasteiger partial charge >= 0.3 is 0 Å². The van der Waals surface area contributed by atoms with Gasteiger partial charge in [0.1, 0.15) is 5.75 Å². The molecule has 0 aliphatic heterocycles. The van der Waals surface area contributed by atoms with Gasteiger partial charge in [0, 0.05) is 22.3 Å². The fourth-order valence-electron chi connectivity index (χ4n) is 1.90. The highest BCUT2D eigenvalue weighted by Crippen LogP contribution is 2.24. The minimum absolute atomic E-state index is 0.315. The number of halogens is 1. The number of benzene rings is 2. The summed E-state index contributed by atoms with van der Waals surface area (Å²) in [6.07, 6.45) is 0. The van der Waals surface area contributed by atoms with Crippen LogP contribution < -0.4 is 5.32 Å². The topological polar surface area (TPSA) is 32.3 Å². The summed E-state index contributed by atoms with van der Waals surface area (Å²) in [5.74, 6) is 0.830. The first-order valence-corrected chi connectivity index (χ1v) is 7.17. The molecule has 0 spiro atoms. The van der Waals surface area contributed by atoms with Gasteiger partial charge in [0.05, 0.1) is 0 Å². The number of rotatable bonds is 4. The van der Waals surface area contributed by atoms with Crippen LogP contribution in [-0.2, 0) is 6.54 Å². The molecule has 19 heavy (non-hydrogen) atoms. The van der Waals surface area contributed by atoms with Crippen LogP contribution in [-0.4, -0.2) is 5.11 Å². The van der Waals surface area contributed by atoms with E-state index in [0.717, 1.165) is 15.7 Å². The first-order valence-electron chi connectivity index (χ1n) is 6.37. The Bertz CT molecular complexity index is 566. The smallest absolute Gasteiger partial charge is 0.120 e. The van der Waals surface area contributed by atoms with Crippen molar-refractivity contribution in [1.29, 1.82) is 0 Å². The Balaban J connectivity index is 2.10. The second-order valence-corrected chi connectivity index (χ2v) is 5.82. The lowest BCUT2D eigenvalue weighted by atomic mass is 10.0. The van der Waals surface area contributed by atoms with Crippen LogP contribution in [0.4, 0.5) is 5.69 Å². The van der Waals surface area contributed by atoms with Crippen molar-refractivity contribution in [1.82, 2.24) is 0 Å². The van der Waals surface area contributed by atoms with Crippen LogP contribution >= 0.6 is 15.9 Å². The van der Waals surface area contributed by atoms with Gasteiger partial charge in [-0.25, -0.2) is 0 Å². The summed E-state index contributed by atoms with van der Waals surface area (Å²) in [6, 6.07) is 13.8. The van der Waals surface area contributed by atoms with E-state index in [1.807, 2.05) is 18.2 Å². The average Bonchev–Trinajstić information content (AvgIpc) is 2.40. The summed E-state index contributed by atoms with van der Waals surface area (Å²) >= 11 is 3.41. The van der Waals surface area contributed by atoms with E-state index < -0.39 is 0 Å². The Kier molecular flexibility index (Phi) is 4.48. The van der Waals surface area contributed by atoms with Crippen molar-refractivity contribution in [2.75, 3.05) is 5.32 Å². The molecule has 0 aliphatic rings. The third-order valence-corrected chi connectivity index (χ3v) is 3.57. The minimum atomic E-state index is 0.315. The molecule has 0 aliphatic carbocycles. The van der Waals surface area contributed by atoms with Crippen LogP contribution in [0.25, 0.3) is 0 Å². The van der Waals surface area contributed by atoms with Crippen molar-refractivity contribution in [3.8, 4) is 5.75 Å². The zero-order chi connectivity index (χ0) is 13.8. The maximum absolute atomic E-state index is 9.79. The molecular weight excluding hydrogens is 302 g/mol. The Labute approximate surface area is 122 Å². The Hall–Kier alpha value is -1.48. The molecule has 0 saturated heterocycles. The SMILES string of the molecule is CC(C)c1cccc(NCc2cc(Br)ccc2O)c1. The normalized spacial score (nSPS) is 10.7. The van der Waals surface area contributed by atoms with Gasteiger partial charge in [-0.05, 0) is 41.8 Å². The highest BCUT2D eigenvalue weighted by atomic mass is 79.9. The summed E-state index contributed by atoms with van der Waals surface area (Å²) in [6.45, 7) is 4.96.